The van der Waals surface area contributed by atoms with E-state index in [9.17, 15) is 4.79 Å². The maximum absolute atomic E-state index is 13.8. The van der Waals surface area contributed by atoms with Crippen LogP contribution in [0.25, 0.3) is 0 Å². The minimum absolute atomic E-state index is 0.157. The number of piperidine rings is 1. The Morgan fingerprint density at radius 2 is 1.82 bits per heavy atom. The third kappa shape index (κ3) is 6.00. The summed E-state index contributed by atoms with van der Waals surface area (Å²) in [5.74, 6) is 0.928. The van der Waals surface area contributed by atoms with E-state index in [2.05, 4.69) is 50.6 Å². The first-order chi connectivity index (χ1) is 19.6. The third-order valence-corrected chi connectivity index (χ3v) is 8.81. The smallest absolute Gasteiger partial charge is 0.226 e. The number of ether oxygens (including phenoxy) is 2. The van der Waals surface area contributed by atoms with Gasteiger partial charge in [0.2, 0.25) is 5.91 Å². The number of carbonyl (C=O) groups excluding carboxylic acids is 1. The quantitative estimate of drug-likeness (QED) is 0.538. The standard InChI is InChI=1S/C31H40N6O3/c1-24-19-28(36-15-17-39-18-16-36)8-7-26(24)21-35-13-10-31(11-14-35)9-4-12-37-22-27(33-34-37)23-40-29-6-3-2-5-25(29)20-32-30(31)38/h2-3,5-8,19,22H,4,9-18,20-21,23H2,1H3,(H,32,38). The average molecular weight is 545 g/mol. The van der Waals surface area contributed by atoms with Gasteiger partial charge >= 0.3 is 0 Å². The van der Waals surface area contributed by atoms with Crippen molar-refractivity contribution in [2.24, 2.45) is 5.41 Å². The van der Waals surface area contributed by atoms with Gasteiger partial charge in [-0.3, -0.25) is 14.4 Å². The number of rotatable bonds is 3. The van der Waals surface area contributed by atoms with E-state index in [1.165, 1.54) is 16.8 Å². The Morgan fingerprint density at radius 3 is 2.65 bits per heavy atom. The number of fused-ring (bicyclic) bond motifs is 3. The SMILES string of the molecule is Cc1cc(N2CCOCC2)ccc1CN1CCC2(CCCn3cc(nn3)COc3ccccc3CNC2=O)CC1. The highest BCUT2D eigenvalue weighted by atomic mass is 16.5. The van der Waals surface area contributed by atoms with Crippen molar-refractivity contribution in [3.8, 4) is 5.75 Å². The van der Waals surface area contributed by atoms with Crippen LogP contribution in [0.5, 0.6) is 5.75 Å². The van der Waals surface area contributed by atoms with E-state index < -0.39 is 0 Å². The van der Waals surface area contributed by atoms with Gasteiger partial charge in [-0.15, -0.1) is 5.10 Å². The van der Waals surface area contributed by atoms with E-state index in [1.807, 2.05) is 35.1 Å². The predicted octanol–water partition coefficient (Wildman–Crippen LogP) is 3.69. The van der Waals surface area contributed by atoms with Crippen molar-refractivity contribution in [1.82, 2.24) is 25.2 Å². The number of morpholine rings is 1. The first-order valence-electron chi connectivity index (χ1n) is 14.6. The van der Waals surface area contributed by atoms with E-state index in [4.69, 9.17) is 9.47 Å². The van der Waals surface area contributed by atoms with Crippen LogP contribution in [0.3, 0.4) is 0 Å². The highest BCUT2D eigenvalue weighted by Crippen LogP contribution is 2.38. The Morgan fingerprint density at radius 1 is 1.00 bits per heavy atom. The lowest BCUT2D eigenvalue weighted by Crippen LogP contribution is -2.48. The number of aryl methyl sites for hydroxylation is 2. The van der Waals surface area contributed by atoms with Gasteiger partial charge in [-0.2, -0.15) is 0 Å². The molecule has 2 aromatic carbocycles. The molecule has 1 N–H and O–H groups in total. The Labute approximate surface area is 236 Å². The van der Waals surface area contributed by atoms with Crippen LogP contribution < -0.4 is 15.0 Å². The number of aromatic nitrogens is 3. The van der Waals surface area contributed by atoms with E-state index in [1.54, 1.807) is 0 Å². The minimum atomic E-state index is -0.380. The van der Waals surface area contributed by atoms with Gasteiger partial charge in [0.25, 0.3) is 0 Å². The lowest BCUT2D eigenvalue weighted by molar-refractivity contribution is -0.135. The molecule has 0 unspecified atom stereocenters. The van der Waals surface area contributed by atoms with E-state index >= 15 is 0 Å². The van der Waals surface area contributed by atoms with E-state index in [0.29, 0.717) is 13.2 Å². The van der Waals surface area contributed by atoms with Gasteiger partial charge in [0.05, 0.1) is 24.8 Å². The fraction of sp³-hybridized carbons (Fsp3) is 0.516. The lowest BCUT2D eigenvalue weighted by atomic mass is 9.73. The number of para-hydroxylation sites is 1. The van der Waals surface area contributed by atoms with Crippen molar-refractivity contribution in [2.75, 3.05) is 44.3 Å². The number of nitrogens with zero attached hydrogens (tertiary/aromatic N) is 5. The van der Waals surface area contributed by atoms with Gasteiger partial charge in [-0.25, -0.2) is 0 Å². The third-order valence-electron chi connectivity index (χ3n) is 8.81. The topological polar surface area (TPSA) is 84.8 Å². The molecule has 1 aromatic heterocycles. The summed E-state index contributed by atoms with van der Waals surface area (Å²) in [7, 11) is 0. The molecule has 0 radical (unpaired) electrons. The molecular weight excluding hydrogens is 504 g/mol. The number of benzene rings is 2. The maximum atomic E-state index is 13.8. The molecule has 6 rings (SSSR count). The van der Waals surface area contributed by atoms with Crippen molar-refractivity contribution >= 4 is 11.6 Å². The molecule has 3 aliphatic heterocycles. The zero-order valence-electron chi connectivity index (χ0n) is 23.5. The molecule has 2 saturated heterocycles. The van der Waals surface area contributed by atoms with Gasteiger partial charge in [0, 0.05) is 44.0 Å². The van der Waals surface area contributed by atoms with Gasteiger partial charge in [0.15, 0.2) is 0 Å². The van der Waals surface area contributed by atoms with Crippen LogP contribution in [-0.2, 0) is 35.8 Å². The second-order valence-electron chi connectivity index (χ2n) is 11.4. The summed E-state index contributed by atoms with van der Waals surface area (Å²) in [6.45, 7) is 10.0. The van der Waals surface area contributed by atoms with Gasteiger partial charge in [-0.1, -0.05) is 29.5 Å². The lowest BCUT2D eigenvalue weighted by Gasteiger charge is -2.41. The number of hydrogen-bond acceptors (Lipinski definition) is 7. The Balaban J connectivity index is 1.13. The first kappa shape index (κ1) is 26.8. The normalized spacial score (nSPS) is 20.3. The summed E-state index contributed by atoms with van der Waals surface area (Å²) in [4.78, 5) is 18.7. The number of hydrogen-bond donors (Lipinski definition) is 1. The fourth-order valence-corrected chi connectivity index (χ4v) is 6.25. The van der Waals surface area contributed by atoms with Crippen LogP contribution in [0.2, 0.25) is 0 Å². The number of anilines is 1. The van der Waals surface area contributed by atoms with E-state index in [0.717, 1.165) is 95.2 Å². The zero-order valence-corrected chi connectivity index (χ0v) is 23.5. The highest BCUT2D eigenvalue weighted by molar-refractivity contribution is 5.82. The molecule has 3 aromatic rings. The molecule has 0 aliphatic carbocycles. The van der Waals surface area contributed by atoms with Crippen LogP contribution in [0.15, 0.2) is 48.7 Å². The van der Waals surface area contributed by atoms with Gasteiger partial charge < -0.3 is 19.7 Å². The van der Waals surface area contributed by atoms with Crippen LogP contribution in [0.1, 0.15) is 48.1 Å². The summed E-state index contributed by atoms with van der Waals surface area (Å²) >= 11 is 0. The number of likely N-dealkylation sites (tertiary alicyclic amines) is 1. The average Bonchev–Trinajstić information content (AvgIpc) is 3.44. The molecule has 9 nitrogen and oxygen atoms in total. The van der Waals surface area contributed by atoms with Gasteiger partial charge in [0.1, 0.15) is 18.1 Å². The van der Waals surface area contributed by atoms with Crippen molar-refractivity contribution in [3.63, 3.8) is 0 Å². The van der Waals surface area contributed by atoms with Crippen LogP contribution >= 0.6 is 0 Å². The van der Waals surface area contributed by atoms with E-state index in [-0.39, 0.29) is 11.3 Å². The molecule has 3 aliphatic rings. The predicted molar refractivity (Wildman–Crippen MR) is 153 cm³/mol. The monoisotopic (exact) mass is 544 g/mol. The highest BCUT2D eigenvalue weighted by Gasteiger charge is 2.41. The van der Waals surface area contributed by atoms with Gasteiger partial charge in [-0.05, 0) is 75.0 Å². The molecule has 212 valence electrons. The Hall–Kier alpha value is -3.43. The maximum Gasteiger partial charge on any atom is 0.226 e. The molecule has 1 spiro atoms. The molecule has 0 atom stereocenters. The largest absolute Gasteiger partial charge is 0.487 e. The van der Waals surface area contributed by atoms with Crippen LogP contribution in [0.4, 0.5) is 5.69 Å². The van der Waals surface area contributed by atoms with Crippen molar-refractivity contribution in [2.45, 2.75) is 58.8 Å². The molecule has 40 heavy (non-hydrogen) atoms. The molecule has 2 bridgehead atoms. The summed E-state index contributed by atoms with van der Waals surface area (Å²) in [6.07, 6.45) is 5.38. The second kappa shape index (κ2) is 12.0. The van der Waals surface area contributed by atoms with Crippen molar-refractivity contribution < 1.29 is 14.3 Å². The zero-order chi connectivity index (χ0) is 27.4. The number of nitrogens with one attached hydrogen (secondary N) is 1. The molecule has 9 heteroatoms. The minimum Gasteiger partial charge on any atom is -0.487 e. The summed E-state index contributed by atoms with van der Waals surface area (Å²) in [6, 6.07) is 14.7. The van der Waals surface area contributed by atoms with Crippen LogP contribution in [-0.4, -0.2) is 65.2 Å². The Kier molecular flexibility index (Phi) is 8.02. The van der Waals surface area contributed by atoms with Crippen molar-refractivity contribution in [1.29, 1.82) is 0 Å². The number of amides is 1. The molecule has 2 fully saturated rings. The summed E-state index contributed by atoms with van der Waals surface area (Å²) in [5, 5.41) is 11.8. The summed E-state index contributed by atoms with van der Waals surface area (Å²) in [5.41, 5.74) is 5.38. The van der Waals surface area contributed by atoms with Crippen LogP contribution in [0, 0.1) is 12.3 Å². The Bertz CT molecular complexity index is 1310. The van der Waals surface area contributed by atoms with Crippen molar-refractivity contribution in [3.05, 3.63) is 71.0 Å². The fourth-order valence-electron chi connectivity index (χ4n) is 6.25. The molecular formula is C31H40N6O3. The summed E-state index contributed by atoms with van der Waals surface area (Å²) < 4.78 is 13.4. The first-order valence-corrected chi connectivity index (χ1v) is 14.6. The number of carbonyl (C=O) groups is 1. The molecule has 0 saturated carbocycles. The second-order valence-corrected chi connectivity index (χ2v) is 11.4. The molecule has 4 heterocycles. The molecule has 1 amide bonds.